The summed E-state index contributed by atoms with van der Waals surface area (Å²) in [5, 5.41) is 17.8. The summed E-state index contributed by atoms with van der Waals surface area (Å²) in [4.78, 5) is 24.9. The third-order valence-corrected chi connectivity index (χ3v) is 3.71. The Bertz CT molecular complexity index is 559. The van der Waals surface area contributed by atoms with Crippen LogP contribution in [0.3, 0.4) is 0 Å². The van der Waals surface area contributed by atoms with E-state index >= 15 is 0 Å². The van der Waals surface area contributed by atoms with E-state index in [0.29, 0.717) is 0 Å². The lowest BCUT2D eigenvalue weighted by Crippen LogP contribution is -2.36. The van der Waals surface area contributed by atoms with E-state index in [0.717, 1.165) is 4.57 Å². The Labute approximate surface area is 114 Å². The molecule has 18 heavy (non-hydrogen) atoms. The highest BCUT2D eigenvalue weighted by molar-refractivity contribution is 9.10. The second kappa shape index (κ2) is 5.14. The number of aromatic nitrogens is 2. The van der Waals surface area contributed by atoms with Crippen LogP contribution in [0.4, 0.5) is 0 Å². The Balaban J connectivity index is 2.42. The zero-order valence-electron chi connectivity index (χ0n) is 8.92. The molecule has 0 bridgehead atoms. The first-order valence-corrected chi connectivity index (χ1v) is 6.28. The molecular weight excluding hydrogens is 331 g/mol. The molecule has 3 N–H and O–H groups in total. The molecule has 7 nitrogen and oxygen atoms in total. The SMILES string of the molecule is O=c1[nH]c(=O)n(C2O[C@H](CO)[C@@H](O)[C@H]2Cl)cc1Br. The van der Waals surface area contributed by atoms with Crippen LogP contribution in [0.2, 0.25) is 0 Å². The van der Waals surface area contributed by atoms with Crippen LogP contribution in [-0.2, 0) is 4.74 Å². The molecule has 0 aliphatic carbocycles. The highest BCUT2D eigenvalue weighted by Crippen LogP contribution is 2.32. The minimum atomic E-state index is -1.10. The van der Waals surface area contributed by atoms with Crippen LogP contribution in [0.25, 0.3) is 0 Å². The third-order valence-electron chi connectivity index (χ3n) is 2.67. The van der Waals surface area contributed by atoms with E-state index in [1.54, 1.807) is 0 Å². The average Bonchev–Trinajstić information content (AvgIpc) is 2.61. The topological polar surface area (TPSA) is 105 Å². The largest absolute Gasteiger partial charge is 0.394 e. The normalized spacial score (nSPS) is 31.8. The maximum absolute atomic E-state index is 11.6. The number of aliphatic hydroxyl groups is 2. The number of hydrogen-bond acceptors (Lipinski definition) is 5. The molecule has 1 aromatic rings. The molecule has 0 saturated carbocycles. The van der Waals surface area contributed by atoms with Crippen molar-refractivity contribution < 1.29 is 14.9 Å². The molecule has 2 heterocycles. The van der Waals surface area contributed by atoms with Gasteiger partial charge in [-0.2, -0.15) is 0 Å². The number of aliphatic hydroxyl groups excluding tert-OH is 2. The van der Waals surface area contributed by atoms with Crippen molar-refractivity contribution in [2.24, 2.45) is 0 Å². The molecule has 1 aliphatic heterocycles. The standard InChI is InChI=1S/C9H10BrClN2O5/c10-3-1-13(9(17)12-7(3)16)8-5(11)6(15)4(2-14)18-8/h1,4-6,8,14-15H,2H2,(H,12,16,17)/t4-,5-,6-,8?/m1/s1. The predicted octanol–water partition coefficient (Wildman–Crippen LogP) is -0.843. The van der Waals surface area contributed by atoms with Gasteiger partial charge in [-0.25, -0.2) is 4.79 Å². The molecular formula is C9H10BrClN2O5. The van der Waals surface area contributed by atoms with Crippen LogP contribution in [-0.4, -0.2) is 44.0 Å². The first-order chi connectivity index (χ1) is 8.45. The van der Waals surface area contributed by atoms with E-state index in [-0.39, 0.29) is 4.47 Å². The lowest BCUT2D eigenvalue weighted by atomic mass is 10.2. The van der Waals surface area contributed by atoms with Crippen molar-refractivity contribution in [3.05, 3.63) is 31.5 Å². The fraction of sp³-hybridized carbons (Fsp3) is 0.556. The molecule has 4 atom stereocenters. The molecule has 0 aromatic carbocycles. The number of hydrogen-bond donors (Lipinski definition) is 3. The van der Waals surface area contributed by atoms with Gasteiger partial charge in [0.2, 0.25) is 0 Å². The molecule has 1 fully saturated rings. The second-order valence-electron chi connectivity index (χ2n) is 3.83. The van der Waals surface area contributed by atoms with Crippen molar-refractivity contribution in [3.63, 3.8) is 0 Å². The van der Waals surface area contributed by atoms with Crippen LogP contribution < -0.4 is 11.2 Å². The number of nitrogens with one attached hydrogen (secondary N) is 1. The van der Waals surface area contributed by atoms with Gasteiger partial charge < -0.3 is 14.9 Å². The Hall–Kier alpha value is -0.670. The zero-order valence-corrected chi connectivity index (χ0v) is 11.3. The van der Waals surface area contributed by atoms with E-state index in [1.165, 1.54) is 6.20 Å². The van der Waals surface area contributed by atoms with Crippen molar-refractivity contribution in [2.45, 2.75) is 23.8 Å². The van der Waals surface area contributed by atoms with Crippen LogP contribution in [0.5, 0.6) is 0 Å². The molecule has 0 spiro atoms. The number of aromatic amines is 1. The summed E-state index contributed by atoms with van der Waals surface area (Å²) >= 11 is 8.93. The van der Waals surface area contributed by atoms with E-state index in [4.69, 9.17) is 21.4 Å². The van der Waals surface area contributed by atoms with E-state index in [2.05, 4.69) is 20.9 Å². The maximum atomic E-state index is 11.6. The summed E-state index contributed by atoms with van der Waals surface area (Å²) in [5.41, 5.74) is -1.27. The first-order valence-electron chi connectivity index (χ1n) is 5.05. The van der Waals surface area contributed by atoms with E-state index < -0.39 is 41.7 Å². The number of rotatable bonds is 2. The highest BCUT2D eigenvalue weighted by atomic mass is 79.9. The highest BCUT2D eigenvalue weighted by Gasteiger charge is 2.43. The third kappa shape index (κ3) is 2.26. The molecule has 0 radical (unpaired) electrons. The van der Waals surface area contributed by atoms with Crippen molar-refractivity contribution in [1.29, 1.82) is 0 Å². The van der Waals surface area contributed by atoms with Gasteiger partial charge in [-0.05, 0) is 15.9 Å². The Morgan fingerprint density at radius 3 is 2.78 bits per heavy atom. The number of alkyl halides is 1. The van der Waals surface area contributed by atoms with Gasteiger partial charge in [-0.3, -0.25) is 14.3 Å². The minimum Gasteiger partial charge on any atom is -0.394 e. The van der Waals surface area contributed by atoms with Gasteiger partial charge >= 0.3 is 5.69 Å². The van der Waals surface area contributed by atoms with Crippen LogP contribution in [0, 0.1) is 0 Å². The predicted molar refractivity (Wildman–Crippen MR) is 65.7 cm³/mol. The van der Waals surface area contributed by atoms with Gasteiger partial charge in [0, 0.05) is 6.20 Å². The molecule has 1 aromatic heterocycles. The Morgan fingerprint density at radius 1 is 1.56 bits per heavy atom. The van der Waals surface area contributed by atoms with Gasteiger partial charge in [0.25, 0.3) is 5.56 Å². The summed E-state index contributed by atoms with van der Waals surface area (Å²) in [5.74, 6) is 0. The van der Waals surface area contributed by atoms with Crippen molar-refractivity contribution in [2.75, 3.05) is 6.61 Å². The second-order valence-corrected chi connectivity index (χ2v) is 5.18. The zero-order chi connectivity index (χ0) is 13.4. The summed E-state index contributed by atoms with van der Waals surface area (Å²) in [6.07, 6.45) is -1.69. The number of nitrogens with zero attached hydrogens (tertiary/aromatic N) is 1. The quantitative estimate of drug-likeness (QED) is 0.608. The molecule has 9 heteroatoms. The molecule has 1 unspecified atom stereocenters. The fourth-order valence-corrected chi connectivity index (χ4v) is 2.39. The maximum Gasteiger partial charge on any atom is 0.330 e. The lowest BCUT2D eigenvalue weighted by Gasteiger charge is -2.16. The number of H-pyrrole nitrogens is 1. The van der Waals surface area contributed by atoms with Crippen molar-refractivity contribution in [3.8, 4) is 0 Å². The number of ether oxygens (including phenoxy) is 1. The van der Waals surface area contributed by atoms with Crippen LogP contribution in [0.1, 0.15) is 6.23 Å². The van der Waals surface area contributed by atoms with Gasteiger partial charge in [0.1, 0.15) is 17.6 Å². The van der Waals surface area contributed by atoms with Crippen LogP contribution >= 0.6 is 27.5 Å². The van der Waals surface area contributed by atoms with E-state index in [1.807, 2.05) is 0 Å². The van der Waals surface area contributed by atoms with Gasteiger partial charge in [0.15, 0.2) is 6.23 Å². The number of halogens is 2. The summed E-state index contributed by atoms with van der Waals surface area (Å²) in [6, 6.07) is 0. The minimum absolute atomic E-state index is 0.136. The Morgan fingerprint density at radius 2 is 2.22 bits per heavy atom. The van der Waals surface area contributed by atoms with Gasteiger partial charge in [0.05, 0.1) is 11.1 Å². The summed E-state index contributed by atoms with van der Waals surface area (Å²) in [6.45, 7) is -0.417. The fourth-order valence-electron chi connectivity index (χ4n) is 1.73. The smallest absolute Gasteiger partial charge is 0.330 e. The molecule has 1 saturated heterocycles. The first kappa shape index (κ1) is 13.8. The van der Waals surface area contributed by atoms with Crippen molar-refractivity contribution >= 4 is 27.5 Å². The summed E-state index contributed by atoms with van der Waals surface area (Å²) in [7, 11) is 0. The van der Waals surface area contributed by atoms with Gasteiger partial charge in [-0.15, -0.1) is 11.6 Å². The van der Waals surface area contributed by atoms with Crippen molar-refractivity contribution in [1.82, 2.24) is 9.55 Å². The monoisotopic (exact) mass is 340 g/mol. The molecule has 0 amide bonds. The molecule has 100 valence electrons. The average molecular weight is 342 g/mol. The summed E-state index contributed by atoms with van der Waals surface area (Å²) < 4.78 is 6.48. The van der Waals surface area contributed by atoms with E-state index in [9.17, 15) is 14.7 Å². The molecule has 1 aliphatic rings. The van der Waals surface area contributed by atoms with Crippen LogP contribution in [0.15, 0.2) is 20.3 Å². The molecule has 2 rings (SSSR count). The lowest BCUT2D eigenvalue weighted by molar-refractivity contribution is -0.0458. The van der Waals surface area contributed by atoms with Gasteiger partial charge in [-0.1, -0.05) is 0 Å². The Kier molecular flexibility index (Phi) is 3.93.